The highest BCUT2D eigenvalue weighted by Gasteiger charge is 2.15. The average molecular weight is 321 g/mol. The Morgan fingerprint density at radius 1 is 1.36 bits per heavy atom. The van der Waals surface area contributed by atoms with Crippen LogP contribution >= 0.6 is 11.3 Å². The molecule has 5 nitrogen and oxygen atoms in total. The number of nitrogens with zero attached hydrogens (tertiary/aromatic N) is 2. The van der Waals surface area contributed by atoms with Gasteiger partial charge in [-0.3, -0.25) is 4.98 Å². The van der Waals surface area contributed by atoms with E-state index in [-0.39, 0.29) is 12.1 Å². The summed E-state index contributed by atoms with van der Waals surface area (Å²) in [5.74, 6) is 0.570. The van der Waals surface area contributed by atoms with Crippen LogP contribution in [0.5, 0.6) is 5.88 Å². The summed E-state index contributed by atoms with van der Waals surface area (Å²) in [6.07, 6.45) is 1.17. The van der Waals surface area contributed by atoms with Gasteiger partial charge in [-0.25, -0.2) is 0 Å². The van der Waals surface area contributed by atoms with E-state index in [4.69, 9.17) is 4.74 Å². The Morgan fingerprint density at radius 3 is 2.77 bits per heavy atom. The predicted octanol–water partition coefficient (Wildman–Crippen LogP) is 2.64. The quantitative estimate of drug-likeness (QED) is 0.856. The van der Waals surface area contributed by atoms with Crippen molar-refractivity contribution in [2.75, 3.05) is 13.2 Å². The van der Waals surface area contributed by atoms with E-state index in [1.807, 2.05) is 25.1 Å². The molecule has 2 heterocycles. The van der Waals surface area contributed by atoms with Crippen LogP contribution < -0.4 is 10.1 Å². The maximum atomic E-state index is 9.96. The van der Waals surface area contributed by atoms with Gasteiger partial charge in [0, 0.05) is 18.3 Å². The van der Waals surface area contributed by atoms with Crippen LogP contribution in [0.15, 0.2) is 24.4 Å². The normalized spacial score (nSPS) is 13.1. The summed E-state index contributed by atoms with van der Waals surface area (Å²) < 4.78 is 5.65. The molecule has 6 heteroatoms. The lowest BCUT2D eigenvalue weighted by Crippen LogP contribution is -2.42. The van der Waals surface area contributed by atoms with Crippen molar-refractivity contribution in [3.05, 3.63) is 29.3 Å². The van der Waals surface area contributed by atoms with Crippen molar-refractivity contribution >= 4 is 11.3 Å². The monoisotopic (exact) mass is 321 g/mol. The topological polar surface area (TPSA) is 67.3 Å². The number of aliphatic hydroxyl groups is 1. The molecule has 0 bridgehead atoms. The van der Waals surface area contributed by atoms with Crippen molar-refractivity contribution < 1.29 is 9.84 Å². The van der Waals surface area contributed by atoms with Crippen LogP contribution in [-0.2, 0) is 0 Å². The van der Waals surface area contributed by atoms with Gasteiger partial charge in [0.2, 0.25) is 5.88 Å². The molecule has 0 aliphatic carbocycles. The van der Waals surface area contributed by atoms with Gasteiger partial charge >= 0.3 is 0 Å². The molecule has 0 aliphatic heterocycles. The highest BCUT2D eigenvalue weighted by Crippen LogP contribution is 2.30. The first-order valence-electron chi connectivity index (χ1n) is 7.30. The molecule has 1 unspecified atom stereocenters. The number of aryl methyl sites for hydroxylation is 1. The van der Waals surface area contributed by atoms with Gasteiger partial charge in [-0.05, 0) is 39.8 Å². The van der Waals surface area contributed by atoms with E-state index < -0.39 is 6.10 Å². The van der Waals surface area contributed by atoms with Crippen LogP contribution in [-0.4, -0.2) is 39.9 Å². The Kier molecular flexibility index (Phi) is 5.50. The number of pyridine rings is 1. The van der Waals surface area contributed by atoms with E-state index in [0.29, 0.717) is 12.4 Å². The van der Waals surface area contributed by atoms with E-state index in [1.165, 1.54) is 0 Å². The molecule has 0 saturated heterocycles. The van der Waals surface area contributed by atoms with Crippen molar-refractivity contribution in [2.24, 2.45) is 0 Å². The second kappa shape index (κ2) is 7.17. The fourth-order valence-electron chi connectivity index (χ4n) is 1.77. The third-order valence-electron chi connectivity index (χ3n) is 2.92. The number of ether oxygens (including phenoxy) is 1. The van der Waals surface area contributed by atoms with Crippen molar-refractivity contribution in [3.63, 3.8) is 0 Å². The fourth-order valence-corrected chi connectivity index (χ4v) is 2.61. The number of hydrogen-bond donors (Lipinski definition) is 2. The predicted molar refractivity (Wildman–Crippen MR) is 89.3 cm³/mol. The standard InChI is InChI=1S/C16H23N3O2S/c1-11-14(21-10-12(20)9-18-16(2,3)4)19-15(22-11)13-7-5-6-8-17-13/h5-8,12,18,20H,9-10H2,1-4H3. The lowest BCUT2D eigenvalue weighted by atomic mass is 10.1. The number of hydrogen-bond acceptors (Lipinski definition) is 6. The highest BCUT2D eigenvalue weighted by atomic mass is 32.1. The van der Waals surface area contributed by atoms with Crippen LogP contribution in [0.1, 0.15) is 25.6 Å². The zero-order valence-corrected chi connectivity index (χ0v) is 14.3. The van der Waals surface area contributed by atoms with Crippen LogP contribution in [0.25, 0.3) is 10.7 Å². The summed E-state index contributed by atoms with van der Waals surface area (Å²) in [7, 11) is 0. The summed E-state index contributed by atoms with van der Waals surface area (Å²) in [6.45, 7) is 8.84. The van der Waals surface area contributed by atoms with Gasteiger partial charge in [0.1, 0.15) is 17.7 Å². The van der Waals surface area contributed by atoms with E-state index in [2.05, 4.69) is 36.1 Å². The molecule has 0 radical (unpaired) electrons. The smallest absolute Gasteiger partial charge is 0.228 e. The maximum absolute atomic E-state index is 9.96. The first kappa shape index (κ1) is 16.9. The first-order chi connectivity index (χ1) is 10.3. The summed E-state index contributed by atoms with van der Waals surface area (Å²) in [6, 6.07) is 5.73. The number of nitrogens with one attached hydrogen (secondary N) is 1. The molecule has 2 rings (SSSR count). The van der Waals surface area contributed by atoms with Gasteiger partial charge < -0.3 is 15.2 Å². The fraction of sp³-hybridized carbons (Fsp3) is 0.500. The molecule has 2 aromatic heterocycles. The SMILES string of the molecule is Cc1sc(-c2ccccn2)nc1OCC(O)CNC(C)(C)C. The van der Waals surface area contributed by atoms with Gasteiger partial charge in [-0.15, -0.1) is 11.3 Å². The molecule has 2 aromatic rings. The van der Waals surface area contributed by atoms with Crippen molar-refractivity contribution in [1.29, 1.82) is 0 Å². The van der Waals surface area contributed by atoms with E-state index in [9.17, 15) is 5.11 Å². The van der Waals surface area contributed by atoms with Crippen LogP contribution in [0.2, 0.25) is 0 Å². The minimum atomic E-state index is -0.571. The molecule has 0 fully saturated rings. The Hall–Kier alpha value is -1.50. The molecule has 22 heavy (non-hydrogen) atoms. The zero-order valence-electron chi connectivity index (χ0n) is 13.5. The second-order valence-corrected chi connectivity index (χ2v) is 7.39. The Labute approximate surface area is 135 Å². The minimum absolute atomic E-state index is 0.0241. The van der Waals surface area contributed by atoms with E-state index in [0.717, 1.165) is 15.6 Å². The van der Waals surface area contributed by atoms with Gasteiger partial charge in [0.15, 0.2) is 0 Å². The molecular weight excluding hydrogens is 298 g/mol. The molecule has 1 atom stereocenters. The lowest BCUT2D eigenvalue weighted by Gasteiger charge is -2.22. The summed E-state index contributed by atoms with van der Waals surface area (Å²) in [4.78, 5) is 9.73. The number of β-amino-alcohol motifs (C(OH)–C–C–N with tert-alkyl or cyclic N) is 1. The summed E-state index contributed by atoms with van der Waals surface area (Å²) in [5, 5.41) is 14.0. The zero-order chi connectivity index (χ0) is 16.2. The largest absolute Gasteiger partial charge is 0.474 e. The van der Waals surface area contributed by atoms with Crippen molar-refractivity contribution in [1.82, 2.24) is 15.3 Å². The third-order valence-corrected chi connectivity index (χ3v) is 3.89. The van der Waals surface area contributed by atoms with Gasteiger partial charge in [0.25, 0.3) is 0 Å². The lowest BCUT2D eigenvalue weighted by molar-refractivity contribution is 0.0978. The Morgan fingerprint density at radius 2 is 2.14 bits per heavy atom. The molecule has 0 spiro atoms. The van der Waals surface area contributed by atoms with Crippen molar-refractivity contribution in [3.8, 4) is 16.6 Å². The number of aromatic nitrogens is 2. The van der Waals surface area contributed by atoms with Gasteiger partial charge in [-0.1, -0.05) is 6.07 Å². The van der Waals surface area contributed by atoms with Crippen molar-refractivity contribution in [2.45, 2.75) is 39.3 Å². The highest BCUT2D eigenvalue weighted by molar-refractivity contribution is 7.15. The van der Waals surface area contributed by atoms with Gasteiger partial charge in [-0.2, -0.15) is 4.98 Å². The molecule has 0 aromatic carbocycles. The van der Waals surface area contributed by atoms with Crippen LogP contribution in [0.4, 0.5) is 0 Å². The number of rotatable bonds is 6. The number of thiazole rings is 1. The van der Waals surface area contributed by atoms with Gasteiger partial charge in [0.05, 0.1) is 10.6 Å². The Balaban J connectivity index is 1.92. The van der Waals surface area contributed by atoms with E-state index >= 15 is 0 Å². The maximum Gasteiger partial charge on any atom is 0.228 e. The molecule has 0 amide bonds. The van der Waals surface area contributed by atoms with Crippen LogP contribution in [0.3, 0.4) is 0 Å². The Bertz CT molecular complexity index is 593. The second-order valence-electron chi connectivity index (χ2n) is 6.19. The number of aliphatic hydroxyl groups excluding tert-OH is 1. The average Bonchev–Trinajstić information content (AvgIpc) is 2.84. The molecular formula is C16H23N3O2S. The van der Waals surface area contributed by atoms with E-state index in [1.54, 1.807) is 17.5 Å². The molecule has 0 aliphatic rings. The molecule has 2 N–H and O–H groups in total. The third kappa shape index (κ3) is 5.05. The minimum Gasteiger partial charge on any atom is -0.474 e. The van der Waals surface area contributed by atoms with Crippen LogP contribution in [0, 0.1) is 6.92 Å². The summed E-state index contributed by atoms with van der Waals surface area (Å²) in [5.41, 5.74) is 0.810. The first-order valence-corrected chi connectivity index (χ1v) is 8.11. The molecule has 0 saturated carbocycles. The molecule has 120 valence electrons. The summed E-state index contributed by atoms with van der Waals surface area (Å²) >= 11 is 1.54.